The molecule has 4 aliphatic heterocycles. The number of likely N-dealkylation sites (tertiary alicyclic amines) is 1. The summed E-state index contributed by atoms with van der Waals surface area (Å²) in [5.41, 5.74) is 0.482. The van der Waals surface area contributed by atoms with Gasteiger partial charge in [0.2, 0.25) is 11.8 Å². The van der Waals surface area contributed by atoms with Gasteiger partial charge < -0.3 is 24.5 Å². The number of aliphatic hydroxyl groups is 1. The summed E-state index contributed by atoms with van der Waals surface area (Å²) in [7, 11) is 0. The molecule has 1 N–H and O–H groups in total. The normalized spacial score (nSPS) is 32.9. The summed E-state index contributed by atoms with van der Waals surface area (Å²) >= 11 is 0. The second-order valence-electron chi connectivity index (χ2n) is 10.9. The van der Waals surface area contributed by atoms with E-state index in [1.54, 1.807) is 14.7 Å². The molecule has 0 bridgehead atoms. The summed E-state index contributed by atoms with van der Waals surface area (Å²) in [6.45, 7) is 9.36. The van der Waals surface area contributed by atoms with Gasteiger partial charge in [0.15, 0.2) is 0 Å². The smallest absolute Gasteiger partial charge is 0.253 e. The number of carbonyl (C=O) groups is 3. The summed E-state index contributed by atoms with van der Waals surface area (Å²) in [6.07, 6.45) is 8.78. The van der Waals surface area contributed by atoms with Gasteiger partial charge in [0.05, 0.1) is 17.4 Å². The molecule has 0 saturated carbocycles. The molecule has 1 aromatic carbocycles. The second-order valence-corrected chi connectivity index (χ2v) is 10.9. The third-order valence-corrected chi connectivity index (χ3v) is 8.40. The number of hydrogen-bond acceptors (Lipinski definition) is 5. The first-order valence-corrected chi connectivity index (χ1v) is 13.3. The molecule has 198 valence electrons. The molecule has 5 atom stereocenters. The number of para-hydroxylation sites is 1. The van der Waals surface area contributed by atoms with Gasteiger partial charge in [-0.1, -0.05) is 49.4 Å². The number of nitrogens with zero attached hydrogens (tertiary/aromatic N) is 3. The van der Waals surface area contributed by atoms with Crippen molar-refractivity contribution in [2.75, 3.05) is 37.7 Å². The highest BCUT2D eigenvalue weighted by Crippen LogP contribution is 2.57. The quantitative estimate of drug-likeness (QED) is 0.597. The monoisotopic (exact) mass is 507 g/mol. The van der Waals surface area contributed by atoms with Crippen LogP contribution in [0.25, 0.3) is 0 Å². The molecule has 5 rings (SSSR count). The predicted octanol–water partition coefficient (Wildman–Crippen LogP) is 2.37. The Labute approximate surface area is 218 Å². The summed E-state index contributed by atoms with van der Waals surface area (Å²) in [5, 5.41) is 9.59. The minimum atomic E-state index is -1.27. The lowest BCUT2D eigenvalue weighted by molar-refractivity contribution is -0.148. The van der Waals surface area contributed by atoms with E-state index in [1.807, 2.05) is 70.2 Å². The lowest BCUT2D eigenvalue weighted by Crippen LogP contribution is -2.56. The number of rotatable bonds is 6. The molecule has 1 spiro atoms. The van der Waals surface area contributed by atoms with E-state index in [-0.39, 0.29) is 30.9 Å². The van der Waals surface area contributed by atoms with Crippen LogP contribution in [-0.2, 0) is 19.1 Å². The van der Waals surface area contributed by atoms with Gasteiger partial charge in [-0.05, 0) is 44.7 Å². The van der Waals surface area contributed by atoms with Gasteiger partial charge in [-0.3, -0.25) is 14.4 Å². The highest BCUT2D eigenvalue weighted by Gasteiger charge is 2.74. The Morgan fingerprint density at radius 1 is 0.973 bits per heavy atom. The Kier molecular flexibility index (Phi) is 6.52. The van der Waals surface area contributed by atoms with Gasteiger partial charge >= 0.3 is 0 Å². The van der Waals surface area contributed by atoms with E-state index < -0.39 is 29.1 Å². The van der Waals surface area contributed by atoms with E-state index in [4.69, 9.17) is 4.74 Å². The van der Waals surface area contributed by atoms with E-state index in [1.165, 1.54) is 0 Å². The van der Waals surface area contributed by atoms with Gasteiger partial charge in [0, 0.05) is 38.5 Å². The molecule has 37 heavy (non-hydrogen) atoms. The van der Waals surface area contributed by atoms with Crippen molar-refractivity contribution in [1.82, 2.24) is 9.80 Å². The molecule has 0 radical (unpaired) electrons. The number of amides is 3. The molecule has 8 nitrogen and oxygen atoms in total. The predicted molar refractivity (Wildman–Crippen MR) is 140 cm³/mol. The average molecular weight is 508 g/mol. The van der Waals surface area contributed by atoms with Crippen LogP contribution in [0.5, 0.6) is 0 Å². The zero-order chi connectivity index (χ0) is 26.5. The van der Waals surface area contributed by atoms with E-state index in [9.17, 15) is 19.5 Å². The number of fused-ring (bicyclic) bond motifs is 2. The van der Waals surface area contributed by atoms with Gasteiger partial charge in [-0.2, -0.15) is 0 Å². The van der Waals surface area contributed by atoms with Crippen LogP contribution in [-0.4, -0.2) is 82.7 Å². The van der Waals surface area contributed by atoms with E-state index >= 15 is 0 Å². The fourth-order valence-electron chi connectivity index (χ4n) is 6.96. The number of aryl methyl sites for hydroxylation is 2. The minimum absolute atomic E-state index is 0.104. The highest BCUT2D eigenvalue weighted by molar-refractivity contribution is 6.06. The lowest BCUT2D eigenvalue weighted by Gasteiger charge is -2.38. The second kappa shape index (κ2) is 9.40. The summed E-state index contributed by atoms with van der Waals surface area (Å²) < 4.78 is 6.83. The first-order chi connectivity index (χ1) is 17.7. The fourth-order valence-corrected chi connectivity index (χ4v) is 6.96. The Bertz CT molecular complexity index is 1160. The molecule has 0 aliphatic carbocycles. The maximum Gasteiger partial charge on any atom is 0.253 e. The SMILES string of the molecule is CCCN1CC=C[C@]2(C)O[C@]34C=CCN(c5c(C)cccc5C)C(=O)C3N(CCCO)C(=O)[C@@H]4[C@@H]2C1=O. The van der Waals surface area contributed by atoms with Crippen molar-refractivity contribution in [3.05, 3.63) is 53.6 Å². The molecule has 4 aliphatic rings. The molecular formula is C29H37N3O5. The van der Waals surface area contributed by atoms with Crippen molar-refractivity contribution in [2.24, 2.45) is 11.8 Å². The highest BCUT2D eigenvalue weighted by atomic mass is 16.5. The third kappa shape index (κ3) is 3.76. The van der Waals surface area contributed by atoms with Crippen molar-refractivity contribution >= 4 is 23.4 Å². The van der Waals surface area contributed by atoms with Crippen LogP contribution in [0.1, 0.15) is 37.8 Å². The number of aliphatic hydroxyl groups excluding tert-OH is 1. The number of ether oxygens (including phenoxy) is 1. The number of benzene rings is 1. The maximum absolute atomic E-state index is 14.5. The zero-order valence-corrected chi connectivity index (χ0v) is 22.1. The van der Waals surface area contributed by atoms with Crippen LogP contribution in [0.2, 0.25) is 0 Å². The van der Waals surface area contributed by atoms with Gasteiger partial charge in [0.25, 0.3) is 5.91 Å². The largest absolute Gasteiger partial charge is 0.396 e. The molecule has 1 aromatic rings. The molecule has 3 amide bonds. The van der Waals surface area contributed by atoms with Crippen molar-refractivity contribution in [2.45, 2.75) is 57.8 Å². The Balaban J connectivity index is 1.65. The third-order valence-electron chi connectivity index (χ3n) is 8.40. The zero-order valence-electron chi connectivity index (χ0n) is 22.1. The number of anilines is 1. The van der Waals surface area contributed by atoms with Crippen molar-refractivity contribution in [1.29, 1.82) is 0 Å². The molecule has 4 heterocycles. The van der Waals surface area contributed by atoms with Gasteiger partial charge in [0.1, 0.15) is 11.6 Å². The molecular weight excluding hydrogens is 470 g/mol. The Hall–Kier alpha value is -2.97. The van der Waals surface area contributed by atoms with Crippen molar-refractivity contribution in [3.63, 3.8) is 0 Å². The molecule has 2 saturated heterocycles. The Morgan fingerprint density at radius 2 is 1.68 bits per heavy atom. The van der Waals surface area contributed by atoms with Crippen LogP contribution in [0.15, 0.2) is 42.5 Å². The Morgan fingerprint density at radius 3 is 2.35 bits per heavy atom. The number of carbonyl (C=O) groups excluding carboxylic acids is 3. The van der Waals surface area contributed by atoms with Crippen molar-refractivity contribution < 1.29 is 24.2 Å². The van der Waals surface area contributed by atoms with Gasteiger partial charge in [-0.15, -0.1) is 0 Å². The standard InChI is InChI=1S/C29H37N3O5/c1-5-14-30-15-7-12-28(4)21(25(30)34)22-26(35)32(17-9-18-33)24-27(36)31(16-8-13-29(22,24)37-28)23-19(2)10-6-11-20(23)3/h6-8,10-13,21-22,24,33H,5,9,14-18H2,1-4H3/t21-,22+,24?,28+,29+/m1/s1. The van der Waals surface area contributed by atoms with E-state index in [0.29, 0.717) is 26.1 Å². The van der Waals surface area contributed by atoms with Gasteiger partial charge in [-0.25, -0.2) is 0 Å². The summed E-state index contributed by atoms with van der Waals surface area (Å²) in [5.74, 6) is -2.15. The number of hydrogen-bond donors (Lipinski definition) is 1. The molecule has 0 aromatic heterocycles. The first-order valence-electron chi connectivity index (χ1n) is 13.3. The van der Waals surface area contributed by atoms with Crippen LogP contribution >= 0.6 is 0 Å². The molecule has 1 unspecified atom stereocenters. The van der Waals surface area contributed by atoms with Crippen LogP contribution in [0.4, 0.5) is 5.69 Å². The van der Waals surface area contributed by atoms with Crippen LogP contribution < -0.4 is 4.90 Å². The van der Waals surface area contributed by atoms with Crippen LogP contribution in [0, 0.1) is 25.7 Å². The summed E-state index contributed by atoms with van der Waals surface area (Å²) in [6, 6.07) is 4.98. The molecule has 8 heteroatoms. The fraction of sp³-hybridized carbons (Fsp3) is 0.552. The van der Waals surface area contributed by atoms with Crippen LogP contribution in [0.3, 0.4) is 0 Å². The lowest BCUT2D eigenvalue weighted by atomic mass is 9.74. The van der Waals surface area contributed by atoms with E-state index in [2.05, 4.69) is 0 Å². The average Bonchev–Trinajstić information content (AvgIpc) is 3.12. The molecule has 2 fully saturated rings. The van der Waals surface area contributed by atoms with Crippen molar-refractivity contribution in [3.8, 4) is 0 Å². The van der Waals surface area contributed by atoms with E-state index in [0.717, 1.165) is 23.2 Å². The summed E-state index contributed by atoms with van der Waals surface area (Å²) in [4.78, 5) is 47.6. The first kappa shape index (κ1) is 25.7. The minimum Gasteiger partial charge on any atom is -0.396 e. The maximum atomic E-state index is 14.5. The topological polar surface area (TPSA) is 90.4 Å².